The molecule has 0 unspecified atom stereocenters. The van der Waals surface area contributed by atoms with Crippen molar-refractivity contribution in [3.05, 3.63) is 108 Å². The van der Waals surface area contributed by atoms with Crippen molar-refractivity contribution >= 4 is 17.8 Å². The highest BCUT2D eigenvalue weighted by molar-refractivity contribution is 7.79. The highest BCUT2D eigenvalue weighted by Gasteiger charge is 2.45. The summed E-state index contributed by atoms with van der Waals surface area (Å²) in [7, 11) is -2.88. The molecular formula is C38H49O2P. The van der Waals surface area contributed by atoms with Crippen LogP contribution in [0.3, 0.4) is 0 Å². The van der Waals surface area contributed by atoms with E-state index < -0.39 is 7.14 Å². The Bertz CT molecular complexity index is 1280. The molecule has 2 aliphatic carbocycles. The molecule has 5 atom stereocenters. The largest absolute Gasteiger partial charge is 0.495 e. The second-order valence-corrected chi connectivity index (χ2v) is 16.5. The monoisotopic (exact) mass is 568 g/mol. The molecule has 0 amide bonds. The molecule has 0 N–H and O–H groups in total. The van der Waals surface area contributed by atoms with Crippen molar-refractivity contribution in [2.45, 2.75) is 90.3 Å². The van der Waals surface area contributed by atoms with Crippen LogP contribution in [0, 0.1) is 23.7 Å². The molecule has 0 spiro atoms. The Morgan fingerprint density at radius 1 is 0.805 bits per heavy atom. The summed E-state index contributed by atoms with van der Waals surface area (Å²) in [4.78, 5) is 0. The van der Waals surface area contributed by atoms with Crippen LogP contribution < -0.4 is 10.6 Å². The van der Waals surface area contributed by atoms with Gasteiger partial charge in [-0.2, -0.15) is 0 Å². The zero-order chi connectivity index (χ0) is 29.0. The molecule has 5 rings (SSSR count). The molecule has 2 nitrogen and oxygen atoms in total. The summed E-state index contributed by atoms with van der Waals surface area (Å²) in [5.74, 6) is 2.92. The smallest absolute Gasteiger partial charge is 0.146 e. The molecule has 218 valence electrons. The predicted molar refractivity (Wildman–Crippen MR) is 175 cm³/mol. The van der Waals surface area contributed by atoms with Crippen molar-refractivity contribution in [2.24, 2.45) is 23.7 Å². The number of rotatable bonds is 8. The van der Waals surface area contributed by atoms with Crippen LogP contribution >= 0.6 is 7.14 Å². The molecule has 0 heterocycles. The second-order valence-electron chi connectivity index (χ2n) is 13.5. The quantitative estimate of drug-likeness (QED) is 0.253. The van der Waals surface area contributed by atoms with Gasteiger partial charge in [0.05, 0.1) is 5.76 Å². The molecular weight excluding hydrogens is 519 g/mol. The van der Waals surface area contributed by atoms with Crippen LogP contribution in [0.2, 0.25) is 0 Å². The van der Waals surface area contributed by atoms with Crippen molar-refractivity contribution in [1.82, 2.24) is 0 Å². The van der Waals surface area contributed by atoms with E-state index in [4.69, 9.17) is 4.74 Å². The van der Waals surface area contributed by atoms with Gasteiger partial charge in [0.15, 0.2) is 0 Å². The highest BCUT2D eigenvalue weighted by Crippen LogP contribution is 2.56. The number of hydrogen-bond acceptors (Lipinski definition) is 2. The van der Waals surface area contributed by atoms with E-state index in [1.165, 1.54) is 18.4 Å². The first kappa shape index (κ1) is 29.9. The molecule has 1 fully saturated rings. The van der Waals surface area contributed by atoms with E-state index in [-0.39, 0.29) is 23.1 Å². The Morgan fingerprint density at radius 2 is 1.37 bits per heavy atom. The van der Waals surface area contributed by atoms with Crippen molar-refractivity contribution in [2.75, 3.05) is 0 Å². The van der Waals surface area contributed by atoms with Crippen LogP contribution in [-0.4, -0.2) is 11.8 Å². The minimum absolute atomic E-state index is 0.0354. The molecule has 3 aromatic carbocycles. The summed E-state index contributed by atoms with van der Waals surface area (Å²) in [6.07, 6.45) is 8.76. The van der Waals surface area contributed by atoms with Gasteiger partial charge in [0.2, 0.25) is 0 Å². The van der Waals surface area contributed by atoms with Crippen LogP contribution in [0.4, 0.5) is 0 Å². The minimum atomic E-state index is -2.88. The fraction of sp³-hybridized carbons (Fsp3) is 0.474. The highest BCUT2D eigenvalue weighted by atomic mass is 31.2. The lowest BCUT2D eigenvalue weighted by Gasteiger charge is -2.45. The molecule has 0 radical (unpaired) electrons. The van der Waals surface area contributed by atoms with Gasteiger partial charge in [0.1, 0.15) is 13.2 Å². The van der Waals surface area contributed by atoms with Crippen molar-refractivity contribution < 1.29 is 9.30 Å². The third-order valence-electron chi connectivity index (χ3n) is 10.2. The first-order valence-electron chi connectivity index (χ1n) is 15.8. The summed E-state index contributed by atoms with van der Waals surface area (Å²) in [6, 6.07) is 31.5. The standard InChI is InChI=1S/C38H49O2P/c1-28(2)34-27-31(40-36-26-29(3)24-25-35(36)38(4,5)30-16-9-6-10-17-30)18-15-23-37(34)41(39,32-19-11-7-12-20-32)33-21-13-8-14-22-33/h6-14,16-22,28-29,34-37H,15,23-27H2,1-5H3/t29-,34-,35-,36-,37+/m1/s1. The molecule has 3 heteroatoms. The summed E-state index contributed by atoms with van der Waals surface area (Å²) >= 11 is 0. The third-order valence-corrected chi connectivity index (χ3v) is 13.9. The lowest BCUT2D eigenvalue weighted by atomic mass is 9.64. The lowest BCUT2D eigenvalue weighted by molar-refractivity contribution is -0.0168. The van der Waals surface area contributed by atoms with E-state index in [1.54, 1.807) is 0 Å². The molecule has 0 saturated heterocycles. The first-order valence-corrected chi connectivity index (χ1v) is 17.6. The Labute approximate surface area is 249 Å². The maximum atomic E-state index is 15.5. The van der Waals surface area contributed by atoms with E-state index in [0.717, 1.165) is 42.1 Å². The van der Waals surface area contributed by atoms with Gasteiger partial charge in [-0.3, -0.25) is 0 Å². The van der Waals surface area contributed by atoms with Gasteiger partial charge >= 0.3 is 0 Å². The molecule has 0 aromatic heterocycles. The molecule has 3 aromatic rings. The molecule has 1 saturated carbocycles. The fourth-order valence-corrected chi connectivity index (χ4v) is 11.5. The zero-order valence-electron chi connectivity index (χ0n) is 25.7. The van der Waals surface area contributed by atoms with Crippen molar-refractivity contribution in [1.29, 1.82) is 0 Å². The zero-order valence-corrected chi connectivity index (χ0v) is 26.6. The van der Waals surface area contributed by atoms with Crippen LogP contribution in [0.25, 0.3) is 0 Å². The van der Waals surface area contributed by atoms with E-state index in [2.05, 4.69) is 95.3 Å². The Morgan fingerprint density at radius 3 is 1.93 bits per heavy atom. The van der Waals surface area contributed by atoms with Gasteiger partial charge in [0, 0.05) is 28.6 Å². The minimum Gasteiger partial charge on any atom is -0.495 e. The van der Waals surface area contributed by atoms with E-state index >= 15 is 4.57 Å². The lowest BCUT2D eigenvalue weighted by Crippen LogP contribution is -2.42. The van der Waals surface area contributed by atoms with Crippen LogP contribution in [-0.2, 0) is 14.7 Å². The number of ether oxygens (including phenoxy) is 1. The third kappa shape index (κ3) is 6.29. The van der Waals surface area contributed by atoms with Crippen LogP contribution in [0.15, 0.2) is 103 Å². The maximum absolute atomic E-state index is 15.5. The van der Waals surface area contributed by atoms with E-state index in [0.29, 0.717) is 17.8 Å². The molecule has 0 aliphatic heterocycles. The molecule has 41 heavy (non-hydrogen) atoms. The summed E-state index contributed by atoms with van der Waals surface area (Å²) in [5.41, 5.74) is 1.51. The Balaban J connectivity index is 1.45. The van der Waals surface area contributed by atoms with E-state index in [9.17, 15) is 0 Å². The average Bonchev–Trinajstić information content (AvgIpc) is 3.21. The summed E-state index contributed by atoms with van der Waals surface area (Å²) < 4.78 is 22.6. The van der Waals surface area contributed by atoms with Gasteiger partial charge in [-0.15, -0.1) is 0 Å². The molecule has 2 aliphatic rings. The number of allylic oxidation sites excluding steroid dienone is 2. The van der Waals surface area contributed by atoms with Crippen LogP contribution in [0.5, 0.6) is 0 Å². The van der Waals surface area contributed by atoms with Crippen molar-refractivity contribution in [3.8, 4) is 0 Å². The number of hydrogen-bond donors (Lipinski definition) is 0. The van der Waals surface area contributed by atoms with Gasteiger partial charge in [0.25, 0.3) is 0 Å². The topological polar surface area (TPSA) is 26.3 Å². The summed E-state index contributed by atoms with van der Waals surface area (Å²) in [5, 5.41) is 1.97. The second kappa shape index (κ2) is 12.7. The Hall–Kier alpha value is -2.57. The SMILES string of the molecule is CC(C)[C@H]1CC(O[C@@H]2C[C@H](C)CC[C@H]2C(C)(C)c2ccccc2)=CCC[C@@H]1P(=O)(c1ccccc1)c1ccccc1. The van der Waals surface area contributed by atoms with E-state index in [1.807, 2.05) is 36.4 Å². The predicted octanol–water partition coefficient (Wildman–Crippen LogP) is 9.51. The maximum Gasteiger partial charge on any atom is 0.146 e. The fourth-order valence-electron chi connectivity index (χ4n) is 7.70. The normalized spacial score (nSPS) is 25.8. The average molecular weight is 569 g/mol. The van der Waals surface area contributed by atoms with Gasteiger partial charge in [-0.1, -0.05) is 132 Å². The van der Waals surface area contributed by atoms with Crippen LogP contribution in [0.1, 0.15) is 78.7 Å². The Kier molecular flexibility index (Phi) is 9.30. The summed E-state index contributed by atoms with van der Waals surface area (Å²) in [6.45, 7) is 11.8. The molecule has 0 bridgehead atoms. The first-order chi connectivity index (χ1) is 19.7. The van der Waals surface area contributed by atoms with Crippen molar-refractivity contribution in [3.63, 3.8) is 0 Å². The number of benzene rings is 3. The van der Waals surface area contributed by atoms with Gasteiger partial charge in [-0.25, -0.2) is 0 Å². The van der Waals surface area contributed by atoms with Gasteiger partial charge < -0.3 is 9.30 Å². The van der Waals surface area contributed by atoms with Gasteiger partial charge in [-0.05, 0) is 60.5 Å².